The molecule has 0 aliphatic rings. The Labute approximate surface area is 125 Å². The van der Waals surface area contributed by atoms with Crippen molar-refractivity contribution in [1.29, 1.82) is 0 Å². The minimum atomic E-state index is -4.39. The second-order valence-electron chi connectivity index (χ2n) is 5.54. The third kappa shape index (κ3) is 6.54. The van der Waals surface area contributed by atoms with E-state index < -0.39 is 28.9 Å². The van der Waals surface area contributed by atoms with Gasteiger partial charge in [-0.1, -0.05) is 0 Å². The van der Waals surface area contributed by atoms with Gasteiger partial charge in [-0.25, -0.2) is 0 Å². The Hall–Kier alpha value is -0.990. The number of nitrogens with zero attached hydrogens (tertiary/aromatic N) is 1. The highest BCUT2D eigenvalue weighted by Gasteiger charge is 2.30. The molecule has 0 saturated heterocycles. The van der Waals surface area contributed by atoms with Crippen LogP contribution in [-0.4, -0.2) is 27.1 Å². The molecule has 0 fully saturated rings. The molecule has 0 aromatic carbocycles. The van der Waals surface area contributed by atoms with Gasteiger partial charge in [0.25, 0.3) is 0 Å². The van der Waals surface area contributed by atoms with Gasteiger partial charge in [0.15, 0.2) is 6.61 Å². The van der Waals surface area contributed by atoms with Crippen LogP contribution in [0.15, 0.2) is 18.3 Å². The number of nitrogens with one attached hydrogen (secondary N) is 1. The number of hydrogen-bond donors (Lipinski definition) is 1. The Kier molecular flexibility index (Phi) is 5.89. The standard InChI is InChI=1S/C13H19F3N2O2S/c1-9(18-21(19)12(2,3)4)11-7-10(5-6-17-11)20-8-13(14,15)16/h5-7,9,18H,8H2,1-4H3/t9?,21-/m1/s1. The molecule has 1 aromatic heterocycles. The van der Waals surface area contributed by atoms with E-state index in [0.29, 0.717) is 5.69 Å². The van der Waals surface area contributed by atoms with Gasteiger partial charge in [-0.2, -0.15) is 13.2 Å². The molecule has 0 spiro atoms. The molecule has 1 heterocycles. The van der Waals surface area contributed by atoms with Crippen LogP contribution >= 0.6 is 0 Å². The van der Waals surface area contributed by atoms with Gasteiger partial charge in [-0.05, 0) is 33.8 Å². The smallest absolute Gasteiger partial charge is 0.422 e. The van der Waals surface area contributed by atoms with Crippen molar-refractivity contribution in [3.8, 4) is 5.75 Å². The van der Waals surface area contributed by atoms with Crippen LogP contribution in [0.25, 0.3) is 0 Å². The zero-order valence-electron chi connectivity index (χ0n) is 12.3. The highest BCUT2D eigenvalue weighted by molar-refractivity contribution is 7.90. The minimum absolute atomic E-state index is 0.0764. The average molecular weight is 324 g/mol. The number of ether oxygens (including phenoxy) is 1. The molecule has 1 aromatic rings. The topological polar surface area (TPSA) is 57.2 Å². The zero-order chi connectivity index (χ0) is 16.3. The highest BCUT2D eigenvalue weighted by atomic mass is 32.2. The molecule has 1 N–H and O–H groups in total. The largest absolute Gasteiger partial charge is 0.598 e. The second-order valence-corrected chi connectivity index (χ2v) is 7.54. The fourth-order valence-corrected chi connectivity index (χ4v) is 2.11. The molecule has 8 heteroatoms. The summed E-state index contributed by atoms with van der Waals surface area (Å²) >= 11 is -1.30. The number of aromatic nitrogens is 1. The van der Waals surface area contributed by atoms with E-state index in [1.807, 2.05) is 20.8 Å². The van der Waals surface area contributed by atoms with Gasteiger partial charge in [0.1, 0.15) is 10.5 Å². The SMILES string of the molecule is CC(N[S@+]([O-])C(C)(C)C)c1cc(OCC(F)(F)F)ccn1. The first kappa shape index (κ1) is 18.1. The fourth-order valence-electron chi connectivity index (χ4n) is 1.32. The van der Waals surface area contributed by atoms with E-state index in [-0.39, 0.29) is 11.8 Å². The lowest BCUT2D eigenvalue weighted by molar-refractivity contribution is -0.153. The quantitative estimate of drug-likeness (QED) is 0.846. The Morgan fingerprint density at radius 3 is 2.52 bits per heavy atom. The number of hydrogen-bond acceptors (Lipinski definition) is 4. The van der Waals surface area contributed by atoms with Gasteiger partial charge in [0, 0.05) is 23.6 Å². The molecule has 0 radical (unpaired) electrons. The maximum absolute atomic E-state index is 12.1. The summed E-state index contributed by atoms with van der Waals surface area (Å²) in [5.74, 6) is 0.0764. The maximum Gasteiger partial charge on any atom is 0.422 e. The Bertz CT molecular complexity index is 463. The molecular formula is C13H19F3N2O2S. The summed E-state index contributed by atoms with van der Waals surface area (Å²) < 4.78 is 55.4. The minimum Gasteiger partial charge on any atom is -0.598 e. The average Bonchev–Trinajstić information content (AvgIpc) is 2.34. The summed E-state index contributed by atoms with van der Waals surface area (Å²) in [6.07, 6.45) is -3.03. The van der Waals surface area contributed by atoms with Gasteiger partial charge < -0.3 is 9.29 Å². The van der Waals surface area contributed by atoms with Crippen molar-refractivity contribution in [1.82, 2.24) is 9.71 Å². The van der Waals surface area contributed by atoms with Crippen molar-refractivity contribution in [3.63, 3.8) is 0 Å². The first-order valence-corrected chi connectivity index (χ1v) is 7.47. The highest BCUT2D eigenvalue weighted by Crippen LogP contribution is 2.22. The summed E-state index contributed by atoms with van der Waals surface area (Å²) in [6, 6.07) is 2.38. The van der Waals surface area contributed by atoms with Crippen LogP contribution in [0.5, 0.6) is 5.75 Å². The molecule has 0 aliphatic heterocycles. The van der Waals surface area contributed by atoms with Gasteiger partial charge >= 0.3 is 6.18 Å². The van der Waals surface area contributed by atoms with E-state index in [1.165, 1.54) is 18.3 Å². The zero-order valence-corrected chi connectivity index (χ0v) is 13.1. The Balaban J connectivity index is 2.71. The van der Waals surface area contributed by atoms with E-state index in [9.17, 15) is 17.7 Å². The van der Waals surface area contributed by atoms with Crippen molar-refractivity contribution >= 4 is 11.4 Å². The Morgan fingerprint density at radius 1 is 1.38 bits per heavy atom. The summed E-state index contributed by atoms with van der Waals surface area (Å²) in [5.41, 5.74) is 0.465. The number of halogens is 3. The molecular weight excluding hydrogens is 305 g/mol. The van der Waals surface area contributed by atoms with Crippen molar-refractivity contribution < 1.29 is 22.5 Å². The molecule has 1 rings (SSSR count). The predicted molar refractivity (Wildman–Crippen MR) is 75.2 cm³/mol. The lowest BCUT2D eigenvalue weighted by Crippen LogP contribution is -2.40. The van der Waals surface area contributed by atoms with Crippen LogP contribution in [0, 0.1) is 0 Å². The lowest BCUT2D eigenvalue weighted by atomic mass is 10.2. The van der Waals surface area contributed by atoms with Crippen molar-refractivity contribution in [2.45, 2.75) is 44.7 Å². The van der Waals surface area contributed by atoms with Gasteiger partial charge in [-0.3, -0.25) is 4.98 Å². The molecule has 0 aliphatic carbocycles. The first-order chi connectivity index (χ1) is 9.49. The van der Waals surface area contributed by atoms with Crippen molar-refractivity contribution in [2.24, 2.45) is 0 Å². The van der Waals surface area contributed by atoms with Crippen molar-refractivity contribution in [3.05, 3.63) is 24.0 Å². The normalized spacial score (nSPS) is 15.6. The van der Waals surface area contributed by atoms with Crippen LogP contribution in [0.2, 0.25) is 0 Å². The fraction of sp³-hybridized carbons (Fsp3) is 0.615. The molecule has 120 valence electrons. The van der Waals surface area contributed by atoms with Crippen molar-refractivity contribution in [2.75, 3.05) is 6.61 Å². The van der Waals surface area contributed by atoms with Crippen LogP contribution < -0.4 is 9.46 Å². The van der Waals surface area contributed by atoms with E-state index in [0.717, 1.165) is 0 Å². The first-order valence-electron chi connectivity index (χ1n) is 6.32. The molecule has 21 heavy (non-hydrogen) atoms. The van der Waals surface area contributed by atoms with Crippen LogP contribution in [0.1, 0.15) is 39.4 Å². The maximum atomic E-state index is 12.1. The summed E-state index contributed by atoms with van der Waals surface area (Å²) in [4.78, 5) is 4.06. The van der Waals surface area contributed by atoms with Crippen LogP contribution in [-0.2, 0) is 11.4 Å². The van der Waals surface area contributed by atoms with E-state index in [2.05, 4.69) is 14.4 Å². The number of rotatable bonds is 5. The van der Waals surface area contributed by atoms with Crippen LogP contribution in [0.3, 0.4) is 0 Å². The third-order valence-electron chi connectivity index (χ3n) is 2.44. The molecule has 0 amide bonds. The monoisotopic (exact) mass is 324 g/mol. The van der Waals surface area contributed by atoms with E-state index >= 15 is 0 Å². The number of alkyl halides is 3. The van der Waals surface area contributed by atoms with E-state index in [4.69, 9.17) is 0 Å². The molecule has 4 nitrogen and oxygen atoms in total. The lowest BCUT2D eigenvalue weighted by Gasteiger charge is -2.26. The summed E-state index contributed by atoms with van der Waals surface area (Å²) in [7, 11) is 0. The Morgan fingerprint density at radius 2 is 2.00 bits per heavy atom. The summed E-state index contributed by atoms with van der Waals surface area (Å²) in [5, 5.41) is 0. The molecule has 1 unspecified atom stereocenters. The third-order valence-corrected chi connectivity index (χ3v) is 4.12. The number of pyridine rings is 1. The summed E-state index contributed by atoms with van der Waals surface area (Å²) in [6.45, 7) is 5.84. The molecule has 0 bridgehead atoms. The predicted octanol–water partition coefficient (Wildman–Crippen LogP) is 3.14. The van der Waals surface area contributed by atoms with Gasteiger partial charge in [0.2, 0.25) is 0 Å². The van der Waals surface area contributed by atoms with Gasteiger partial charge in [0.05, 0.1) is 11.7 Å². The molecule has 0 saturated carbocycles. The van der Waals surface area contributed by atoms with E-state index in [1.54, 1.807) is 6.92 Å². The molecule has 2 atom stereocenters. The van der Waals surface area contributed by atoms with Crippen LogP contribution in [0.4, 0.5) is 13.2 Å². The van der Waals surface area contributed by atoms with Gasteiger partial charge in [-0.15, -0.1) is 4.72 Å². The second kappa shape index (κ2) is 6.85.